The molecule has 1 aliphatic rings. The smallest absolute Gasteiger partial charge is 0.309 e. The second-order valence-corrected chi connectivity index (χ2v) is 3.62. The minimum Gasteiger partial charge on any atom is -0.463 e. The Morgan fingerprint density at radius 3 is 2.62 bits per heavy atom. The van der Waals surface area contributed by atoms with Crippen molar-refractivity contribution >= 4 is 25.6 Å². The van der Waals surface area contributed by atoms with Crippen LogP contribution in [0.1, 0.15) is 13.3 Å². The molecule has 0 aliphatic carbocycles. The number of ether oxygens (including phenoxy) is 2. The Morgan fingerprint density at radius 1 is 1.38 bits per heavy atom. The summed E-state index contributed by atoms with van der Waals surface area (Å²) >= 11 is 0. The van der Waals surface area contributed by atoms with Crippen molar-refractivity contribution in [2.45, 2.75) is 19.4 Å². The van der Waals surface area contributed by atoms with E-state index in [9.17, 15) is 14.4 Å². The van der Waals surface area contributed by atoms with E-state index < -0.39 is 29.7 Å². The maximum Gasteiger partial charge on any atom is 0.309 e. The Balaban J connectivity index is 2.61. The molecule has 2 atom stereocenters. The molecule has 16 heavy (non-hydrogen) atoms. The molecule has 1 rings (SSSR count). The van der Waals surface area contributed by atoms with Crippen LogP contribution in [0.15, 0.2) is 0 Å². The molecule has 1 amide bonds. The number of esters is 2. The van der Waals surface area contributed by atoms with E-state index in [0.717, 1.165) is 0 Å². The SMILES string of the molecule is [B]C(=O)NC1COC(=O)CC(C)C(=O)OC1. The van der Waals surface area contributed by atoms with Crippen LogP contribution in [0.5, 0.6) is 0 Å². The van der Waals surface area contributed by atoms with Gasteiger partial charge in [0.15, 0.2) is 5.81 Å². The zero-order valence-corrected chi connectivity index (χ0v) is 8.89. The van der Waals surface area contributed by atoms with Crippen molar-refractivity contribution in [1.29, 1.82) is 0 Å². The van der Waals surface area contributed by atoms with E-state index in [-0.39, 0.29) is 19.6 Å². The average molecular weight is 225 g/mol. The number of nitrogens with one attached hydrogen (secondary N) is 1. The average Bonchev–Trinajstić information content (AvgIpc) is 2.24. The number of rotatable bonds is 1. The van der Waals surface area contributed by atoms with Gasteiger partial charge in [-0.25, -0.2) is 0 Å². The van der Waals surface area contributed by atoms with Crippen molar-refractivity contribution in [2.75, 3.05) is 13.2 Å². The summed E-state index contributed by atoms with van der Waals surface area (Å²) in [6.45, 7) is 1.46. The summed E-state index contributed by atoms with van der Waals surface area (Å²) in [5, 5.41) is 2.32. The quantitative estimate of drug-likeness (QED) is 0.474. The van der Waals surface area contributed by atoms with Crippen LogP contribution in [-0.2, 0) is 19.1 Å². The molecule has 0 aromatic heterocycles. The van der Waals surface area contributed by atoms with Gasteiger partial charge in [0.1, 0.15) is 13.2 Å². The first kappa shape index (κ1) is 12.5. The Hall–Kier alpha value is -1.53. The third kappa shape index (κ3) is 3.92. The third-order valence-electron chi connectivity index (χ3n) is 2.09. The lowest BCUT2D eigenvalue weighted by Gasteiger charge is -2.16. The molecule has 0 aromatic carbocycles. The Kier molecular flexibility index (Phi) is 4.33. The normalized spacial score (nSPS) is 26.8. The lowest BCUT2D eigenvalue weighted by molar-refractivity contribution is -0.151. The van der Waals surface area contributed by atoms with E-state index >= 15 is 0 Å². The molecule has 7 heteroatoms. The van der Waals surface area contributed by atoms with E-state index in [1.165, 1.54) is 0 Å². The molecule has 0 saturated carbocycles. The van der Waals surface area contributed by atoms with E-state index in [2.05, 4.69) is 5.32 Å². The van der Waals surface area contributed by atoms with Gasteiger partial charge in [-0.3, -0.25) is 14.4 Å². The molecule has 1 fully saturated rings. The van der Waals surface area contributed by atoms with E-state index in [4.69, 9.17) is 17.3 Å². The highest BCUT2D eigenvalue weighted by Crippen LogP contribution is 2.09. The molecule has 0 spiro atoms. The molecule has 1 aliphatic heterocycles. The molecule has 2 unspecified atom stereocenters. The molecule has 86 valence electrons. The van der Waals surface area contributed by atoms with Crippen molar-refractivity contribution in [2.24, 2.45) is 5.92 Å². The fourth-order valence-electron chi connectivity index (χ4n) is 1.24. The molecule has 6 nitrogen and oxygen atoms in total. The van der Waals surface area contributed by atoms with Crippen LogP contribution in [0.3, 0.4) is 0 Å². The highest BCUT2D eigenvalue weighted by molar-refractivity contribution is 6.57. The summed E-state index contributed by atoms with van der Waals surface area (Å²) in [6.07, 6.45) is -0.0257. The van der Waals surface area contributed by atoms with Gasteiger partial charge in [-0.15, -0.1) is 0 Å². The second-order valence-electron chi connectivity index (χ2n) is 3.62. The van der Waals surface area contributed by atoms with Gasteiger partial charge in [0, 0.05) is 0 Å². The fraction of sp³-hybridized carbons (Fsp3) is 0.667. The monoisotopic (exact) mass is 225 g/mol. The van der Waals surface area contributed by atoms with E-state index in [1.807, 2.05) is 0 Å². The van der Waals surface area contributed by atoms with Crippen LogP contribution < -0.4 is 5.32 Å². The van der Waals surface area contributed by atoms with Gasteiger partial charge in [-0.1, -0.05) is 6.92 Å². The van der Waals surface area contributed by atoms with Gasteiger partial charge in [0.2, 0.25) is 7.85 Å². The number of cyclic esters (lactones) is 2. The van der Waals surface area contributed by atoms with Crippen molar-refractivity contribution < 1.29 is 23.9 Å². The minimum atomic E-state index is -0.760. The van der Waals surface area contributed by atoms with E-state index in [0.29, 0.717) is 0 Å². The number of carbonyl (C=O) groups is 3. The summed E-state index contributed by atoms with van der Waals surface area (Å²) in [7, 11) is 4.92. The van der Waals surface area contributed by atoms with Crippen LogP contribution >= 0.6 is 0 Å². The zero-order chi connectivity index (χ0) is 12.1. The van der Waals surface area contributed by atoms with Crippen molar-refractivity contribution in [3.05, 3.63) is 0 Å². The van der Waals surface area contributed by atoms with Gasteiger partial charge in [0.05, 0.1) is 18.4 Å². The summed E-state index contributed by atoms with van der Waals surface area (Å²) in [6, 6.07) is -0.601. The highest BCUT2D eigenvalue weighted by atomic mass is 16.6. The highest BCUT2D eigenvalue weighted by Gasteiger charge is 2.24. The summed E-state index contributed by atoms with van der Waals surface area (Å²) in [5.41, 5.74) is 0. The Morgan fingerprint density at radius 2 is 2.00 bits per heavy atom. The summed E-state index contributed by atoms with van der Waals surface area (Å²) in [4.78, 5) is 33.1. The van der Waals surface area contributed by atoms with Gasteiger partial charge in [-0.2, -0.15) is 0 Å². The van der Waals surface area contributed by atoms with E-state index in [1.54, 1.807) is 6.92 Å². The lowest BCUT2D eigenvalue weighted by Crippen LogP contribution is -2.41. The molecule has 2 radical (unpaired) electrons. The van der Waals surface area contributed by atoms with Crippen LogP contribution in [-0.4, -0.2) is 44.8 Å². The maximum atomic E-state index is 11.3. The number of amides is 1. The van der Waals surface area contributed by atoms with Crippen LogP contribution in [0, 0.1) is 5.92 Å². The van der Waals surface area contributed by atoms with Gasteiger partial charge in [-0.05, 0) is 0 Å². The Labute approximate surface area is 94.1 Å². The first-order chi connectivity index (χ1) is 7.49. The van der Waals surface area contributed by atoms with Gasteiger partial charge >= 0.3 is 11.9 Å². The number of carbonyl (C=O) groups excluding carboxylic acids is 3. The first-order valence-corrected chi connectivity index (χ1v) is 4.87. The standard InChI is InChI=1S/C9H12BNO5/c1-5-2-7(12)15-3-6(11-9(10)14)4-16-8(5)13/h5-6H,2-4H2,1H3,(H,11,14). The largest absolute Gasteiger partial charge is 0.463 e. The van der Waals surface area contributed by atoms with Crippen LogP contribution in [0.4, 0.5) is 4.79 Å². The van der Waals surface area contributed by atoms with Crippen molar-refractivity contribution in [3.8, 4) is 0 Å². The van der Waals surface area contributed by atoms with Crippen LogP contribution in [0.25, 0.3) is 0 Å². The van der Waals surface area contributed by atoms with Gasteiger partial charge < -0.3 is 14.8 Å². The molecular weight excluding hydrogens is 213 g/mol. The Bertz CT molecular complexity index is 306. The molecule has 1 N–H and O–H groups in total. The van der Waals surface area contributed by atoms with Crippen LogP contribution in [0.2, 0.25) is 0 Å². The predicted octanol–water partition coefficient (Wildman–Crippen LogP) is -0.641. The maximum absolute atomic E-state index is 11.3. The number of hydrogen-bond acceptors (Lipinski definition) is 5. The molecule has 1 heterocycles. The first-order valence-electron chi connectivity index (χ1n) is 4.87. The predicted molar refractivity (Wildman–Crippen MR) is 53.8 cm³/mol. The van der Waals surface area contributed by atoms with Crippen molar-refractivity contribution in [1.82, 2.24) is 5.32 Å². The minimum absolute atomic E-state index is 0.0257. The molecule has 1 saturated heterocycles. The molecule has 0 aromatic rings. The van der Waals surface area contributed by atoms with Gasteiger partial charge in [0.25, 0.3) is 0 Å². The second kappa shape index (κ2) is 5.53. The molecule has 0 bridgehead atoms. The third-order valence-corrected chi connectivity index (χ3v) is 2.09. The topological polar surface area (TPSA) is 81.7 Å². The summed E-state index contributed by atoms with van der Waals surface area (Å²) in [5.74, 6) is -2.29. The number of hydrogen-bond donors (Lipinski definition) is 1. The lowest BCUT2D eigenvalue weighted by atomic mass is 10.1. The van der Waals surface area contributed by atoms with Crippen molar-refractivity contribution in [3.63, 3.8) is 0 Å². The fourth-order valence-corrected chi connectivity index (χ4v) is 1.24. The zero-order valence-electron chi connectivity index (χ0n) is 8.89. The summed E-state index contributed by atoms with van der Waals surface area (Å²) < 4.78 is 9.75. The molecular formula is C9H12BNO5.